The zero-order valence-corrected chi connectivity index (χ0v) is 20.6. The van der Waals surface area contributed by atoms with Crippen molar-refractivity contribution in [2.75, 3.05) is 19.6 Å². The molecule has 5 rings (SSSR count). The number of piperazine rings is 1. The lowest BCUT2D eigenvalue weighted by Gasteiger charge is -2.46. The molecule has 4 heterocycles. The van der Waals surface area contributed by atoms with Crippen molar-refractivity contribution in [1.82, 2.24) is 24.7 Å². The van der Waals surface area contributed by atoms with Crippen LogP contribution >= 0.6 is 0 Å². The molecular formula is C26H30FN6O3+. The molecule has 2 unspecified atom stereocenters. The normalized spacial score (nSPS) is 23.7. The maximum absolute atomic E-state index is 13.4. The van der Waals surface area contributed by atoms with Gasteiger partial charge in [-0.05, 0) is 43.5 Å². The third-order valence-electron chi connectivity index (χ3n) is 7.35. The number of nitrogens with two attached hydrogens (primary N) is 1. The molecule has 9 nitrogen and oxygen atoms in total. The number of carbonyl (C=O) groups excluding carboxylic acids is 3. The quantitative estimate of drug-likeness (QED) is 0.593. The molecule has 3 aliphatic heterocycles. The van der Waals surface area contributed by atoms with Crippen molar-refractivity contribution in [2.24, 2.45) is 5.92 Å². The molecule has 2 atom stereocenters. The van der Waals surface area contributed by atoms with E-state index in [2.05, 4.69) is 10.3 Å². The topological polar surface area (TPSA) is 113 Å². The first-order chi connectivity index (χ1) is 17.1. The van der Waals surface area contributed by atoms with Gasteiger partial charge < -0.3 is 15.1 Å². The Morgan fingerprint density at radius 3 is 2.61 bits per heavy atom. The van der Waals surface area contributed by atoms with Gasteiger partial charge in [0.1, 0.15) is 29.0 Å². The van der Waals surface area contributed by atoms with E-state index in [0.29, 0.717) is 48.7 Å². The van der Waals surface area contributed by atoms with Crippen LogP contribution in [0, 0.1) is 11.7 Å². The lowest BCUT2D eigenvalue weighted by atomic mass is 9.97. The molecule has 188 valence electrons. The fraction of sp³-hybridized carbons (Fsp3) is 0.423. The van der Waals surface area contributed by atoms with Gasteiger partial charge in [0.15, 0.2) is 0 Å². The number of nitrogens with zero attached hydrogens (tertiary/aromatic N) is 4. The number of allylic oxidation sites excluding steroid dienone is 2. The number of amides is 3. The third kappa shape index (κ3) is 3.81. The van der Waals surface area contributed by atoms with Crippen LogP contribution in [0.15, 0.2) is 36.5 Å². The van der Waals surface area contributed by atoms with Crippen molar-refractivity contribution < 1.29 is 24.2 Å². The summed E-state index contributed by atoms with van der Waals surface area (Å²) in [6.07, 6.45) is 4.23. The SMILES string of the molecule is CC(C)C(=CC(=[NH2+])c1ccc(F)cc1)c1ncc2n1C1(C)CN(C(=O)C3CCC(=O)N3)CCN1C2=O. The Labute approximate surface area is 208 Å². The molecule has 2 fully saturated rings. The van der Waals surface area contributed by atoms with Crippen LogP contribution in [-0.2, 0) is 15.3 Å². The molecule has 1 aromatic carbocycles. The molecule has 3 aliphatic rings. The van der Waals surface area contributed by atoms with Gasteiger partial charge in [0.25, 0.3) is 5.91 Å². The van der Waals surface area contributed by atoms with Gasteiger partial charge in [-0.2, -0.15) is 0 Å². The summed E-state index contributed by atoms with van der Waals surface area (Å²) in [5, 5.41) is 9.14. The molecule has 3 amide bonds. The summed E-state index contributed by atoms with van der Waals surface area (Å²) >= 11 is 0. The highest BCUT2D eigenvalue weighted by molar-refractivity contribution is 6.08. The first kappa shape index (κ1) is 23.9. The zero-order chi connectivity index (χ0) is 25.8. The second-order valence-corrected chi connectivity index (χ2v) is 10.1. The number of rotatable bonds is 5. The van der Waals surface area contributed by atoms with Crippen molar-refractivity contribution in [3.63, 3.8) is 0 Å². The van der Waals surface area contributed by atoms with E-state index >= 15 is 0 Å². The summed E-state index contributed by atoms with van der Waals surface area (Å²) in [7, 11) is 0. The molecule has 0 radical (unpaired) electrons. The average Bonchev–Trinajstić information content (AvgIpc) is 3.53. The lowest BCUT2D eigenvalue weighted by molar-refractivity contribution is -0.140. The van der Waals surface area contributed by atoms with Gasteiger partial charge in [-0.15, -0.1) is 0 Å². The second kappa shape index (κ2) is 8.69. The van der Waals surface area contributed by atoms with Crippen molar-refractivity contribution in [1.29, 1.82) is 0 Å². The summed E-state index contributed by atoms with van der Waals surface area (Å²) in [5.41, 5.74) is 1.58. The van der Waals surface area contributed by atoms with E-state index < -0.39 is 11.7 Å². The number of halogens is 1. The van der Waals surface area contributed by atoms with Gasteiger partial charge in [0.2, 0.25) is 17.5 Å². The molecule has 2 aromatic rings. The Morgan fingerprint density at radius 2 is 1.97 bits per heavy atom. The Bertz CT molecular complexity index is 1300. The van der Waals surface area contributed by atoms with Gasteiger partial charge >= 0.3 is 0 Å². The largest absolute Gasteiger partial charge is 0.344 e. The Morgan fingerprint density at radius 1 is 1.25 bits per heavy atom. The van der Waals surface area contributed by atoms with Gasteiger partial charge in [-0.3, -0.25) is 24.4 Å². The van der Waals surface area contributed by atoms with Crippen molar-refractivity contribution in [3.8, 4) is 0 Å². The van der Waals surface area contributed by atoms with Crippen LogP contribution in [0.4, 0.5) is 4.39 Å². The highest BCUT2D eigenvalue weighted by atomic mass is 19.1. The number of hydrogen-bond donors (Lipinski definition) is 2. The maximum atomic E-state index is 13.4. The molecule has 0 aliphatic carbocycles. The van der Waals surface area contributed by atoms with Crippen LogP contribution in [0.2, 0.25) is 0 Å². The van der Waals surface area contributed by atoms with Gasteiger partial charge in [-0.1, -0.05) is 13.8 Å². The minimum absolute atomic E-state index is 0.0123. The average molecular weight is 494 g/mol. The maximum Gasteiger partial charge on any atom is 0.274 e. The van der Waals surface area contributed by atoms with E-state index in [1.165, 1.54) is 12.1 Å². The molecular weight excluding hydrogens is 463 g/mol. The van der Waals surface area contributed by atoms with Crippen LogP contribution in [0.1, 0.15) is 55.5 Å². The van der Waals surface area contributed by atoms with Crippen LogP contribution in [0.25, 0.3) is 5.57 Å². The van der Waals surface area contributed by atoms with E-state index in [1.54, 1.807) is 28.1 Å². The standard InChI is InChI=1S/C26H29FN6O3/c1-15(2)18(12-19(28)16-4-6-17(27)7-5-16)23-29-13-21-25(36)32-11-10-31(14-26(32,3)33(21)23)24(35)20-8-9-22(34)30-20/h4-7,12-13,15,20,28H,8-11,14H2,1-3H3,(H,30,34)/p+1. The fourth-order valence-electron chi connectivity index (χ4n) is 5.42. The highest BCUT2D eigenvalue weighted by Crippen LogP contribution is 2.40. The second-order valence-electron chi connectivity index (χ2n) is 10.1. The molecule has 1 aromatic heterocycles. The predicted molar refractivity (Wildman–Crippen MR) is 130 cm³/mol. The molecule has 3 N–H and O–H groups in total. The smallest absolute Gasteiger partial charge is 0.274 e. The molecule has 0 bridgehead atoms. The first-order valence-electron chi connectivity index (χ1n) is 12.2. The first-order valence-corrected chi connectivity index (χ1v) is 12.2. The highest BCUT2D eigenvalue weighted by Gasteiger charge is 2.52. The van der Waals surface area contributed by atoms with Crippen molar-refractivity contribution in [2.45, 2.75) is 45.3 Å². The van der Waals surface area contributed by atoms with E-state index in [4.69, 9.17) is 5.41 Å². The van der Waals surface area contributed by atoms with E-state index in [1.807, 2.05) is 31.4 Å². The molecule has 0 saturated carbocycles. The van der Waals surface area contributed by atoms with E-state index in [0.717, 1.165) is 5.57 Å². The summed E-state index contributed by atoms with van der Waals surface area (Å²) in [6, 6.07) is 5.43. The summed E-state index contributed by atoms with van der Waals surface area (Å²) in [5.74, 6) is -0.0972. The Hall–Kier alpha value is -3.82. The monoisotopic (exact) mass is 493 g/mol. The Balaban J connectivity index is 1.51. The summed E-state index contributed by atoms with van der Waals surface area (Å²) in [4.78, 5) is 46.3. The Kier molecular flexibility index (Phi) is 5.77. The lowest BCUT2D eigenvalue weighted by Crippen LogP contribution is -2.62. The molecule has 0 spiro atoms. The van der Waals surface area contributed by atoms with E-state index in [-0.39, 0.29) is 36.0 Å². The van der Waals surface area contributed by atoms with Crippen LogP contribution in [0.5, 0.6) is 0 Å². The number of carbonyl (C=O) groups is 3. The van der Waals surface area contributed by atoms with Crippen molar-refractivity contribution >= 4 is 29.0 Å². The summed E-state index contributed by atoms with van der Waals surface area (Å²) in [6.45, 7) is 7.03. The predicted octanol–water partition coefficient (Wildman–Crippen LogP) is 0.559. The molecule has 2 saturated heterocycles. The number of hydrogen-bond acceptors (Lipinski definition) is 4. The molecule has 10 heteroatoms. The number of benzene rings is 1. The van der Waals surface area contributed by atoms with Crippen LogP contribution in [0.3, 0.4) is 0 Å². The zero-order valence-electron chi connectivity index (χ0n) is 20.6. The van der Waals surface area contributed by atoms with Gasteiger partial charge in [0, 0.05) is 36.7 Å². The number of nitrogens with one attached hydrogen (secondary N) is 1. The van der Waals surface area contributed by atoms with Crippen molar-refractivity contribution in [3.05, 3.63) is 59.4 Å². The number of fused-ring (bicyclic) bond motifs is 3. The third-order valence-corrected chi connectivity index (χ3v) is 7.35. The van der Waals surface area contributed by atoms with Gasteiger partial charge in [0.05, 0.1) is 12.7 Å². The minimum atomic E-state index is -0.840. The molecule has 36 heavy (non-hydrogen) atoms. The van der Waals surface area contributed by atoms with Crippen LogP contribution in [-0.4, -0.2) is 68.5 Å². The fourth-order valence-corrected chi connectivity index (χ4v) is 5.42. The summed E-state index contributed by atoms with van der Waals surface area (Å²) < 4.78 is 15.3. The number of aromatic nitrogens is 2. The minimum Gasteiger partial charge on any atom is -0.344 e. The number of imidazole rings is 1. The van der Waals surface area contributed by atoms with E-state index in [9.17, 15) is 18.8 Å². The van der Waals surface area contributed by atoms with Crippen LogP contribution < -0.4 is 10.7 Å². The van der Waals surface area contributed by atoms with Gasteiger partial charge in [-0.25, -0.2) is 9.37 Å².